The van der Waals surface area contributed by atoms with E-state index in [0.717, 1.165) is 48.9 Å². The first-order valence-corrected chi connectivity index (χ1v) is 12.2. The first-order chi connectivity index (χ1) is 15.4. The summed E-state index contributed by atoms with van der Waals surface area (Å²) >= 11 is 3.52. The summed E-state index contributed by atoms with van der Waals surface area (Å²) < 4.78 is 12.0. The Morgan fingerprint density at radius 3 is 2.62 bits per heavy atom. The number of carbonyl (C=O) groups excluding carboxylic acids is 2. The Kier molecular flexibility index (Phi) is 6.93. The van der Waals surface area contributed by atoms with Crippen molar-refractivity contribution in [1.82, 2.24) is 10.2 Å². The highest BCUT2D eigenvalue weighted by Gasteiger charge is 2.41. The predicted molar refractivity (Wildman–Crippen MR) is 127 cm³/mol. The molecule has 1 aromatic rings. The van der Waals surface area contributed by atoms with Gasteiger partial charge in [-0.3, -0.25) is 4.79 Å². The van der Waals surface area contributed by atoms with Crippen molar-refractivity contribution in [3.8, 4) is 0 Å². The number of rotatable bonds is 5. The molecule has 2 saturated heterocycles. The molecule has 2 atom stereocenters. The van der Waals surface area contributed by atoms with E-state index in [2.05, 4.69) is 45.5 Å². The van der Waals surface area contributed by atoms with Gasteiger partial charge in [-0.2, -0.15) is 0 Å². The Hall–Kier alpha value is -2.28. The highest BCUT2D eigenvalue weighted by Crippen LogP contribution is 2.46. The molecule has 1 aliphatic carbocycles. The molecule has 172 valence electrons. The molecule has 2 fully saturated rings. The van der Waals surface area contributed by atoms with E-state index in [1.165, 1.54) is 29.4 Å². The van der Waals surface area contributed by atoms with Crippen LogP contribution in [0, 0.1) is 5.92 Å². The largest absolute Gasteiger partial charge is 0.493 e. The van der Waals surface area contributed by atoms with Crippen LogP contribution in [0.25, 0.3) is 5.57 Å². The molecule has 7 heteroatoms. The van der Waals surface area contributed by atoms with Crippen LogP contribution >= 0.6 is 15.9 Å². The molecule has 2 heterocycles. The molecule has 1 N–H and O–H groups in total. The van der Waals surface area contributed by atoms with Gasteiger partial charge < -0.3 is 19.7 Å². The molecule has 6 nitrogen and oxygen atoms in total. The fraction of sp³-hybridized carbons (Fsp3) is 0.520. The standard InChI is InChI=1S/C25H31BrN2O4/c1-15(2)22(27-25(30)31-3)24(29)28-12-4-7-21(28)20-14-19(16-8-10-17(26)11-9-16)23-18(20)6-5-13-32-23/h8-11,15,21-22H,4-7,12-14H2,1-3H3,(H,27,30)/t21-,22+/m1/s1. The van der Waals surface area contributed by atoms with Crippen LogP contribution in [0.4, 0.5) is 4.79 Å². The highest BCUT2D eigenvalue weighted by atomic mass is 79.9. The lowest BCUT2D eigenvalue weighted by Crippen LogP contribution is -2.52. The summed E-state index contributed by atoms with van der Waals surface area (Å²) in [5, 5.41) is 2.74. The zero-order valence-electron chi connectivity index (χ0n) is 18.9. The van der Waals surface area contributed by atoms with Gasteiger partial charge in [0.1, 0.15) is 11.8 Å². The van der Waals surface area contributed by atoms with E-state index < -0.39 is 12.1 Å². The van der Waals surface area contributed by atoms with E-state index in [-0.39, 0.29) is 17.9 Å². The molecule has 0 bridgehead atoms. The maximum absolute atomic E-state index is 13.5. The summed E-state index contributed by atoms with van der Waals surface area (Å²) in [5.41, 5.74) is 4.97. The van der Waals surface area contributed by atoms with Crippen molar-refractivity contribution < 1.29 is 19.1 Å². The van der Waals surface area contributed by atoms with E-state index in [1.54, 1.807) is 0 Å². The fourth-order valence-corrected chi connectivity index (χ4v) is 5.32. The SMILES string of the molecule is COC(=O)N[C@H](C(=O)N1CCC[C@@H]1C1=C2CCCOC2=C(c2ccc(Br)cc2)C1)C(C)C. The monoisotopic (exact) mass is 502 g/mol. The summed E-state index contributed by atoms with van der Waals surface area (Å²) in [5.74, 6) is 0.950. The number of fused-ring (bicyclic) bond motifs is 1. The van der Waals surface area contributed by atoms with Crippen LogP contribution in [0.3, 0.4) is 0 Å². The molecule has 0 unspecified atom stereocenters. The highest BCUT2D eigenvalue weighted by molar-refractivity contribution is 9.10. The Morgan fingerprint density at radius 1 is 1.19 bits per heavy atom. The number of methoxy groups -OCH3 is 1. The summed E-state index contributed by atoms with van der Waals surface area (Å²) in [7, 11) is 1.32. The van der Waals surface area contributed by atoms with Crippen molar-refractivity contribution in [2.24, 2.45) is 5.92 Å². The van der Waals surface area contributed by atoms with Gasteiger partial charge in [0.15, 0.2) is 0 Å². The lowest BCUT2D eigenvalue weighted by molar-refractivity contribution is -0.134. The van der Waals surface area contributed by atoms with Gasteiger partial charge in [-0.1, -0.05) is 41.9 Å². The number of benzene rings is 1. The molecule has 32 heavy (non-hydrogen) atoms. The molecular formula is C25H31BrN2O4. The average molecular weight is 503 g/mol. The van der Waals surface area contributed by atoms with Crippen LogP contribution in [0.15, 0.2) is 45.6 Å². The number of alkyl carbamates (subject to hydrolysis) is 1. The number of nitrogens with one attached hydrogen (secondary N) is 1. The molecule has 1 aromatic carbocycles. The van der Waals surface area contributed by atoms with Crippen LogP contribution in [0.5, 0.6) is 0 Å². The zero-order valence-corrected chi connectivity index (χ0v) is 20.5. The fourth-order valence-electron chi connectivity index (χ4n) is 5.05. The maximum Gasteiger partial charge on any atom is 0.407 e. The van der Waals surface area contributed by atoms with Crippen LogP contribution in [0.2, 0.25) is 0 Å². The summed E-state index contributed by atoms with van der Waals surface area (Å²) in [6, 6.07) is 7.80. The van der Waals surface area contributed by atoms with Crippen molar-refractivity contribution in [2.45, 2.75) is 58.0 Å². The first-order valence-electron chi connectivity index (χ1n) is 11.4. The molecule has 4 rings (SSSR count). The van der Waals surface area contributed by atoms with Gasteiger partial charge in [-0.25, -0.2) is 4.79 Å². The second-order valence-corrected chi connectivity index (χ2v) is 9.91. The molecule has 3 aliphatic rings. The summed E-state index contributed by atoms with van der Waals surface area (Å²) in [6.45, 7) is 5.33. The lowest BCUT2D eigenvalue weighted by Gasteiger charge is -2.32. The molecule has 2 amide bonds. The van der Waals surface area contributed by atoms with Crippen molar-refractivity contribution in [2.75, 3.05) is 20.3 Å². The van der Waals surface area contributed by atoms with Gasteiger partial charge in [0.2, 0.25) is 5.91 Å². The van der Waals surface area contributed by atoms with Crippen LogP contribution in [-0.4, -0.2) is 49.2 Å². The van der Waals surface area contributed by atoms with Gasteiger partial charge >= 0.3 is 6.09 Å². The number of likely N-dealkylation sites (tertiary alicyclic amines) is 1. The van der Waals surface area contributed by atoms with E-state index in [4.69, 9.17) is 9.47 Å². The molecular weight excluding hydrogens is 472 g/mol. The normalized spacial score (nSPS) is 21.5. The van der Waals surface area contributed by atoms with E-state index in [9.17, 15) is 9.59 Å². The van der Waals surface area contributed by atoms with Gasteiger partial charge in [0.25, 0.3) is 0 Å². The second kappa shape index (κ2) is 9.69. The Bertz CT molecular complexity index is 951. The van der Waals surface area contributed by atoms with Gasteiger partial charge in [-0.15, -0.1) is 0 Å². The van der Waals surface area contributed by atoms with Gasteiger partial charge in [-0.05, 0) is 60.4 Å². The smallest absolute Gasteiger partial charge is 0.407 e. The zero-order chi connectivity index (χ0) is 22.8. The minimum atomic E-state index is -0.601. The third kappa shape index (κ3) is 4.45. The molecule has 0 spiro atoms. The predicted octanol–water partition coefficient (Wildman–Crippen LogP) is 5.04. The van der Waals surface area contributed by atoms with Crippen LogP contribution < -0.4 is 5.32 Å². The van der Waals surface area contributed by atoms with Gasteiger partial charge in [0, 0.05) is 23.0 Å². The number of nitrogens with zero attached hydrogens (tertiary/aromatic N) is 1. The Balaban J connectivity index is 1.61. The number of allylic oxidation sites excluding steroid dienone is 2. The van der Waals surface area contributed by atoms with Crippen molar-refractivity contribution in [3.05, 3.63) is 51.2 Å². The Morgan fingerprint density at radius 2 is 1.94 bits per heavy atom. The quantitative estimate of drug-likeness (QED) is 0.611. The number of carbonyl (C=O) groups is 2. The van der Waals surface area contributed by atoms with E-state index in [1.807, 2.05) is 18.7 Å². The minimum absolute atomic E-state index is 0.0311. The molecule has 2 aliphatic heterocycles. The number of amides is 2. The number of hydrogen-bond donors (Lipinski definition) is 1. The van der Waals surface area contributed by atoms with Gasteiger partial charge in [0.05, 0.1) is 19.8 Å². The second-order valence-electron chi connectivity index (χ2n) is 8.99. The van der Waals surface area contributed by atoms with Crippen LogP contribution in [0.1, 0.15) is 51.5 Å². The molecule has 0 aromatic heterocycles. The number of ether oxygens (including phenoxy) is 2. The molecule has 0 radical (unpaired) electrons. The Labute approximate surface area is 198 Å². The topological polar surface area (TPSA) is 67.9 Å². The third-order valence-electron chi connectivity index (χ3n) is 6.64. The third-order valence-corrected chi connectivity index (χ3v) is 7.17. The van der Waals surface area contributed by atoms with Crippen molar-refractivity contribution in [1.29, 1.82) is 0 Å². The van der Waals surface area contributed by atoms with Crippen molar-refractivity contribution >= 4 is 33.5 Å². The average Bonchev–Trinajstić information content (AvgIpc) is 3.42. The lowest BCUT2D eigenvalue weighted by atomic mass is 9.94. The van der Waals surface area contributed by atoms with E-state index in [0.29, 0.717) is 6.54 Å². The van der Waals surface area contributed by atoms with E-state index >= 15 is 0 Å². The summed E-state index contributed by atoms with van der Waals surface area (Å²) in [6.07, 6.45) is 4.11. The summed E-state index contributed by atoms with van der Waals surface area (Å²) in [4.78, 5) is 27.4. The van der Waals surface area contributed by atoms with Crippen LogP contribution in [-0.2, 0) is 14.3 Å². The minimum Gasteiger partial charge on any atom is -0.493 e. The first kappa shape index (κ1) is 22.9. The number of hydrogen-bond acceptors (Lipinski definition) is 4. The van der Waals surface area contributed by atoms with Crippen molar-refractivity contribution in [3.63, 3.8) is 0 Å². The molecule has 0 saturated carbocycles. The number of halogens is 1. The maximum atomic E-state index is 13.5.